The molecule has 0 aliphatic carbocycles. The topological polar surface area (TPSA) is 98.3 Å². The maximum Gasteiger partial charge on any atom is 0.234 e. The molecule has 1 fully saturated rings. The molecule has 0 atom stereocenters. The Balaban J connectivity index is 1.38. The molecule has 5 aliphatic rings. The maximum absolute atomic E-state index is 12.4. The zero-order valence-corrected chi connectivity index (χ0v) is 20.1. The summed E-state index contributed by atoms with van der Waals surface area (Å²) < 4.78 is 0. The van der Waals surface area contributed by atoms with Gasteiger partial charge in [-0.15, -0.1) is 0 Å². The normalized spacial score (nSPS) is 21.1. The van der Waals surface area contributed by atoms with Crippen LogP contribution in [-0.4, -0.2) is 71.6 Å². The predicted octanol–water partition coefficient (Wildman–Crippen LogP) is 3.11. The zero-order chi connectivity index (χ0) is 24.0. The molecule has 182 valence electrons. The second-order valence-corrected chi connectivity index (χ2v) is 9.15. The maximum atomic E-state index is 12.4. The molecule has 3 N–H and O–H groups in total. The van der Waals surface area contributed by atoms with Crippen molar-refractivity contribution < 1.29 is 4.79 Å². The van der Waals surface area contributed by atoms with Crippen LogP contribution in [0.5, 0.6) is 0 Å². The van der Waals surface area contributed by atoms with Gasteiger partial charge in [0.2, 0.25) is 11.9 Å². The van der Waals surface area contributed by atoms with E-state index < -0.39 is 0 Å². The number of anilines is 4. The van der Waals surface area contributed by atoms with E-state index in [1.807, 2.05) is 24.5 Å². The van der Waals surface area contributed by atoms with Gasteiger partial charge in [-0.3, -0.25) is 9.69 Å². The number of nitrogens with one attached hydrogen (secondary N) is 3. The molecule has 1 aromatic carbocycles. The Morgan fingerprint density at radius 3 is 2.57 bits per heavy atom. The van der Waals surface area contributed by atoms with E-state index in [2.05, 4.69) is 72.0 Å². The van der Waals surface area contributed by atoms with Gasteiger partial charge in [-0.2, -0.15) is 0 Å². The molecule has 9 nitrogen and oxygen atoms in total. The second kappa shape index (κ2) is 10.7. The Bertz CT molecular complexity index is 1140. The van der Waals surface area contributed by atoms with E-state index in [4.69, 9.17) is 0 Å². The molecule has 1 amide bonds. The minimum atomic E-state index is 0.0879. The van der Waals surface area contributed by atoms with Crippen molar-refractivity contribution in [1.82, 2.24) is 25.2 Å². The fraction of sp³-hybridized carbons (Fsp3) is 0.385. The van der Waals surface area contributed by atoms with Crippen LogP contribution in [0.4, 0.5) is 23.1 Å². The van der Waals surface area contributed by atoms with E-state index in [1.165, 1.54) is 0 Å². The smallest absolute Gasteiger partial charge is 0.234 e. The summed E-state index contributed by atoms with van der Waals surface area (Å²) in [5.41, 5.74) is 4.07. The molecule has 9 heteroatoms. The minimum Gasteiger partial charge on any atom is -0.371 e. The number of hydrogen-bond acceptors (Lipinski definition) is 8. The number of piperidine rings is 1. The number of benzene rings is 1. The van der Waals surface area contributed by atoms with E-state index in [0.717, 1.165) is 60.7 Å². The van der Waals surface area contributed by atoms with E-state index in [9.17, 15) is 4.79 Å². The monoisotopic (exact) mass is 472 g/mol. The van der Waals surface area contributed by atoms with Gasteiger partial charge in [-0.05, 0) is 55.2 Å². The molecule has 1 saturated heterocycles. The molecule has 2 aromatic heterocycles. The summed E-state index contributed by atoms with van der Waals surface area (Å²) in [7, 11) is 2.16. The summed E-state index contributed by atoms with van der Waals surface area (Å²) in [5.74, 6) is 1.44. The molecule has 0 saturated carbocycles. The first-order valence-electron chi connectivity index (χ1n) is 12.3. The molecule has 0 radical (unpaired) electrons. The van der Waals surface area contributed by atoms with Crippen molar-refractivity contribution in [3.8, 4) is 11.1 Å². The number of pyridine rings is 1. The van der Waals surface area contributed by atoms with Crippen LogP contribution in [0.2, 0.25) is 0 Å². The van der Waals surface area contributed by atoms with Crippen molar-refractivity contribution in [2.75, 3.05) is 55.3 Å². The Morgan fingerprint density at radius 1 is 0.943 bits per heavy atom. The van der Waals surface area contributed by atoms with Crippen molar-refractivity contribution in [1.29, 1.82) is 0 Å². The highest BCUT2D eigenvalue weighted by molar-refractivity contribution is 5.78. The van der Waals surface area contributed by atoms with E-state index >= 15 is 0 Å². The van der Waals surface area contributed by atoms with Gasteiger partial charge < -0.3 is 20.9 Å². The molecule has 0 unspecified atom stereocenters. The van der Waals surface area contributed by atoms with Crippen LogP contribution >= 0.6 is 0 Å². The van der Waals surface area contributed by atoms with Crippen LogP contribution in [0.25, 0.3) is 11.1 Å². The van der Waals surface area contributed by atoms with Gasteiger partial charge in [0.15, 0.2) is 0 Å². The quantitative estimate of drug-likeness (QED) is 0.459. The summed E-state index contributed by atoms with van der Waals surface area (Å²) in [5, 5.41) is 9.70. The Morgan fingerprint density at radius 2 is 1.74 bits per heavy atom. The predicted molar refractivity (Wildman–Crippen MR) is 139 cm³/mol. The Kier molecular flexibility index (Phi) is 7.04. The van der Waals surface area contributed by atoms with Gasteiger partial charge in [0.25, 0.3) is 0 Å². The number of amides is 1. The van der Waals surface area contributed by atoms with Gasteiger partial charge >= 0.3 is 0 Å². The lowest BCUT2D eigenvalue weighted by Gasteiger charge is -2.37. The third-order valence-electron chi connectivity index (χ3n) is 6.70. The van der Waals surface area contributed by atoms with Gasteiger partial charge in [-0.1, -0.05) is 6.07 Å². The first-order valence-corrected chi connectivity index (χ1v) is 12.3. The lowest BCUT2D eigenvalue weighted by Crippen LogP contribution is -2.46. The number of hydrogen-bond donors (Lipinski definition) is 3. The summed E-state index contributed by atoms with van der Waals surface area (Å²) in [4.78, 5) is 30.4. The standard InChI is InChI=1S/C26H32N8O/c1-33-22-7-12-34(13-8-22)18-25(35)28-9-3-10-29-26-30-16-20(17-31-26)19-6-11-27-24(14-19)32-21-4-2-5-23(33)15-21/h2,4-6,11,14-17,22H,3,7-10,12-13,18H2,1H3,(H,27,32)(H,28,35)(H,29,30,31). The molecule has 0 spiro atoms. The number of aromatic nitrogens is 3. The first kappa shape index (κ1) is 23.0. The lowest BCUT2D eigenvalue weighted by atomic mass is 10.0. The highest BCUT2D eigenvalue weighted by Crippen LogP contribution is 2.27. The van der Waals surface area contributed by atoms with Crippen LogP contribution in [-0.2, 0) is 4.79 Å². The van der Waals surface area contributed by atoms with Crippen molar-refractivity contribution >= 4 is 29.0 Å². The number of carbonyl (C=O) groups excluding carboxylic acids is 1. The van der Waals surface area contributed by atoms with Gasteiger partial charge in [-0.25, -0.2) is 15.0 Å². The minimum absolute atomic E-state index is 0.0879. The molecule has 35 heavy (non-hydrogen) atoms. The number of carbonyl (C=O) groups is 1. The molecular formula is C26H32N8O. The highest BCUT2D eigenvalue weighted by Gasteiger charge is 2.24. The number of rotatable bonds is 0. The van der Waals surface area contributed by atoms with Crippen molar-refractivity contribution in [3.63, 3.8) is 0 Å². The third-order valence-corrected chi connectivity index (χ3v) is 6.70. The molecule has 5 aliphatic heterocycles. The van der Waals surface area contributed by atoms with Gasteiger partial charge in [0.1, 0.15) is 5.82 Å². The van der Waals surface area contributed by atoms with Gasteiger partial charge in [0.05, 0.1) is 6.54 Å². The molecule has 8 bridgehead atoms. The average Bonchev–Trinajstić information content (AvgIpc) is 2.89. The van der Waals surface area contributed by atoms with Crippen LogP contribution < -0.4 is 20.9 Å². The summed E-state index contributed by atoms with van der Waals surface area (Å²) in [6.07, 6.45) is 8.29. The second-order valence-electron chi connectivity index (χ2n) is 9.15. The summed E-state index contributed by atoms with van der Waals surface area (Å²) >= 11 is 0. The average molecular weight is 473 g/mol. The van der Waals surface area contributed by atoms with Crippen molar-refractivity contribution in [2.45, 2.75) is 25.3 Å². The third kappa shape index (κ3) is 5.86. The first-order chi connectivity index (χ1) is 17.1. The Hall–Kier alpha value is -3.72. The fourth-order valence-corrected chi connectivity index (χ4v) is 4.65. The molecular weight excluding hydrogens is 440 g/mol. The van der Waals surface area contributed by atoms with Crippen molar-refractivity contribution in [2.24, 2.45) is 0 Å². The summed E-state index contributed by atoms with van der Waals surface area (Å²) in [6, 6.07) is 12.8. The van der Waals surface area contributed by atoms with Crippen LogP contribution in [0.3, 0.4) is 0 Å². The van der Waals surface area contributed by atoms with Crippen LogP contribution in [0, 0.1) is 0 Å². The zero-order valence-electron chi connectivity index (χ0n) is 20.1. The van der Waals surface area contributed by atoms with Gasteiger partial charge in [0, 0.05) is 74.8 Å². The van der Waals surface area contributed by atoms with Crippen molar-refractivity contribution in [3.05, 3.63) is 55.0 Å². The Labute approximate surface area is 206 Å². The summed E-state index contributed by atoms with van der Waals surface area (Å²) in [6.45, 7) is 3.63. The van der Waals surface area contributed by atoms with Crippen LogP contribution in [0.1, 0.15) is 19.3 Å². The highest BCUT2D eigenvalue weighted by atomic mass is 16.2. The lowest BCUT2D eigenvalue weighted by molar-refractivity contribution is -0.122. The van der Waals surface area contributed by atoms with E-state index in [1.54, 1.807) is 6.20 Å². The molecule has 8 rings (SSSR count). The largest absolute Gasteiger partial charge is 0.371 e. The van der Waals surface area contributed by atoms with Crippen LogP contribution in [0.15, 0.2) is 55.0 Å². The molecule has 7 heterocycles. The number of nitrogens with zero attached hydrogens (tertiary/aromatic N) is 5. The van der Waals surface area contributed by atoms with E-state index in [-0.39, 0.29) is 5.91 Å². The fourth-order valence-electron chi connectivity index (χ4n) is 4.65. The van der Waals surface area contributed by atoms with E-state index in [0.29, 0.717) is 31.6 Å². The SMILES string of the molecule is CN1c2cccc(c2)Nc2cc(ccn2)-c2cnc(nc2)NCCCNC(=O)CN2CCC1CC2. The molecule has 3 aromatic rings.